The van der Waals surface area contributed by atoms with Crippen molar-refractivity contribution in [3.63, 3.8) is 0 Å². The SMILES string of the molecule is CCOC(CC(=O)c1ccccc1C)OCC. The topological polar surface area (TPSA) is 35.5 Å². The summed E-state index contributed by atoms with van der Waals surface area (Å²) in [6.07, 6.45) is -0.163. The van der Waals surface area contributed by atoms with Crippen LogP contribution >= 0.6 is 0 Å². The smallest absolute Gasteiger partial charge is 0.168 e. The van der Waals surface area contributed by atoms with Crippen LogP contribution in [0.4, 0.5) is 0 Å². The van der Waals surface area contributed by atoms with E-state index in [2.05, 4.69) is 0 Å². The van der Waals surface area contributed by atoms with Crippen LogP contribution in [-0.4, -0.2) is 25.3 Å². The molecule has 0 heterocycles. The third-order valence-corrected chi connectivity index (χ3v) is 2.50. The number of Topliss-reactive ketones (excluding diaryl/α,β-unsaturated/α-hetero) is 1. The van der Waals surface area contributed by atoms with Gasteiger partial charge in [-0.05, 0) is 26.3 Å². The van der Waals surface area contributed by atoms with Gasteiger partial charge in [-0.2, -0.15) is 0 Å². The Bertz CT molecular complexity index is 354. The molecule has 0 aliphatic carbocycles. The second kappa shape index (κ2) is 7.20. The van der Waals surface area contributed by atoms with Gasteiger partial charge in [0.25, 0.3) is 0 Å². The number of hydrogen-bond donors (Lipinski definition) is 0. The van der Waals surface area contributed by atoms with Crippen LogP contribution < -0.4 is 0 Å². The first kappa shape index (κ1) is 13.9. The lowest BCUT2D eigenvalue weighted by Gasteiger charge is -2.16. The Morgan fingerprint density at radius 2 is 1.76 bits per heavy atom. The van der Waals surface area contributed by atoms with Gasteiger partial charge in [0.15, 0.2) is 12.1 Å². The first-order chi connectivity index (χ1) is 8.19. The Balaban J connectivity index is 2.67. The fraction of sp³-hybridized carbons (Fsp3) is 0.500. The molecule has 0 unspecified atom stereocenters. The van der Waals surface area contributed by atoms with Gasteiger partial charge >= 0.3 is 0 Å². The van der Waals surface area contributed by atoms with Crippen LogP contribution in [0.25, 0.3) is 0 Å². The summed E-state index contributed by atoms with van der Waals surface area (Å²) in [6, 6.07) is 7.57. The van der Waals surface area contributed by atoms with Crippen molar-refractivity contribution in [3.8, 4) is 0 Å². The summed E-state index contributed by atoms with van der Waals surface area (Å²) in [5, 5.41) is 0. The largest absolute Gasteiger partial charge is 0.352 e. The van der Waals surface area contributed by atoms with Gasteiger partial charge in [0.05, 0.1) is 6.42 Å². The maximum atomic E-state index is 12.1. The number of carbonyl (C=O) groups is 1. The number of ether oxygens (including phenoxy) is 2. The highest BCUT2D eigenvalue weighted by molar-refractivity contribution is 5.97. The van der Waals surface area contributed by atoms with E-state index < -0.39 is 6.29 Å². The molecule has 0 saturated heterocycles. The van der Waals surface area contributed by atoms with Crippen molar-refractivity contribution in [2.75, 3.05) is 13.2 Å². The molecule has 0 N–H and O–H groups in total. The number of hydrogen-bond acceptors (Lipinski definition) is 3. The van der Waals surface area contributed by atoms with E-state index in [0.29, 0.717) is 13.2 Å². The summed E-state index contributed by atoms with van der Waals surface area (Å²) in [4.78, 5) is 12.1. The summed E-state index contributed by atoms with van der Waals surface area (Å²) < 4.78 is 10.7. The van der Waals surface area contributed by atoms with Crippen LogP contribution in [0.1, 0.15) is 36.2 Å². The Morgan fingerprint density at radius 1 is 1.18 bits per heavy atom. The quantitative estimate of drug-likeness (QED) is 0.539. The Kier molecular flexibility index (Phi) is 5.87. The van der Waals surface area contributed by atoms with Gasteiger partial charge in [0, 0.05) is 18.8 Å². The number of carbonyl (C=O) groups excluding carboxylic acids is 1. The summed E-state index contributed by atoms with van der Waals surface area (Å²) in [7, 11) is 0. The standard InChI is InChI=1S/C14H20O3/c1-4-16-14(17-5-2)10-13(15)12-9-7-6-8-11(12)3/h6-9,14H,4-5,10H2,1-3H3. The average molecular weight is 236 g/mol. The molecular weight excluding hydrogens is 216 g/mol. The van der Waals surface area contributed by atoms with Crippen molar-refractivity contribution in [3.05, 3.63) is 35.4 Å². The molecule has 0 aliphatic heterocycles. The van der Waals surface area contributed by atoms with E-state index in [9.17, 15) is 4.79 Å². The normalized spacial score (nSPS) is 10.8. The molecule has 17 heavy (non-hydrogen) atoms. The molecule has 0 radical (unpaired) electrons. The number of ketones is 1. The lowest BCUT2D eigenvalue weighted by Crippen LogP contribution is -2.21. The van der Waals surface area contributed by atoms with Gasteiger partial charge in [-0.3, -0.25) is 4.79 Å². The molecule has 0 atom stereocenters. The Hall–Kier alpha value is -1.19. The van der Waals surface area contributed by atoms with Crippen LogP contribution in [-0.2, 0) is 9.47 Å². The van der Waals surface area contributed by atoms with E-state index >= 15 is 0 Å². The number of rotatable bonds is 7. The molecule has 0 saturated carbocycles. The predicted octanol–water partition coefficient (Wildman–Crippen LogP) is 2.97. The molecule has 1 aromatic rings. The van der Waals surface area contributed by atoms with Crippen molar-refractivity contribution in [1.29, 1.82) is 0 Å². The van der Waals surface area contributed by atoms with E-state index in [1.54, 1.807) is 0 Å². The highest BCUT2D eigenvalue weighted by atomic mass is 16.7. The lowest BCUT2D eigenvalue weighted by molar-refractivity contribution is -0.133. The van der Waals surface area contributed by atoms with Crippen LogP contribution in [0.2, 0.25) is 0 Å². The molecule has 0 aromatic heterocycles. The highest BCUT2D eigenvalue weighted by Gasteiger charge is 2.16. The molecule has 0 spiro atoms. The molecule has 0 aliphatic rings. The third kappa shape index (κ3) is 4.29. The van der Waals surface area contributed by atoms with Crippen LogP contribution in [0, 0.1) is 6.92 Å². The second-order valence-corrected chi connectivity index (χ2v) is 3.78. The fourth-order valence-corrected chi connectivity index (χ4v) is 1.68. The zero-order valence-electron chi connectivity index (χ0n) is 10.7. The molecule has 0 fully saturated rings. The minimum Gasteiger partial charge on any atom is -0.352 e. The van der Waals surface area contributed by atoms with Gasteiger partial charge in [-0.25, -0.2) is 0 Å². The zero-order chi connectivity index (χ0) is 12.7. The highest BCUT2D eigenvalue weighted by Crippen LogP contribution is 2.13. The molecule has 1 aromatic carbocycles. The van der Waals surface area contributed by atoms with Crippen molar-refractivity contribution >= 4 is 5.78 Å². The van der Waals surface area contributed by atoms with Crippen molar-refractivity contribution < 1.29 is 14.3 Å². The van der Waals surface area contributed by atoms with Crippen LogP contribution in [0.5, 0.6) is 0 Å². The molecule has 3 heteroatoms. The monoisotopic (exact) mass is 236 g/mol. The number of aryl methyl sites for hydroxylation is 1. The van der Waals surface area contributed by atoms with Gasteiger partial charge < -0.3 is 9.47 Å². The maximum absolute atomic E-state index is 12.1. The second-order valence-electron chi connectivity index (χ2n) is 3.78. The van der Waals surface area contributed by atoms with Crippen molar-refractivity contribution in [2.24, 2.45) is 0 Å². The molecule has 94 valence electrons. The van der Waals surface area contributed by atoms with E-state index in [1.807, 2.05) is 45.0 Å². The molecule has 3 nitrogen and oxygen atoms in total. The van der Waals surface area contributed by atoms with Gasteiger partial charge in [-0.15, -0.1) is 0 Å². The maximum Gasteiger partial charge on any atom is 0.168 e. The summed E-state index contributed by atoms with van der Waals surface area (Å²) in [6.45, 7) is 6.82. The van der Waals surface area contributed by atoms with Crippen LogP contribution in [0.15, 0.2) is 24.3 Å². The van der Waals surface area contributed by atoms with Gasteiger partial charge in [0.1, 0.15) is 0 Å². The number of benzene rings is 1. The third-order valence-electron chi connectivity index (χ3n) is 2.50. The summed E-state index contributed by atoms with van der Waals surface area (Å²) >= 11 is 0. The summed E-state index contributed by atoms with van der Waals surface area (Å²) in [5.41, 5.74) is 1.74. The predicted molar refractivity (Wildman–Crippen MR) is 67.2 cm³/mol. The minimum atomic E-state index is -0.433. The van der Waals surface area contributed by atoms with E-state index in [4.69, 9.17) is 9.47 Å². The zero-order valence-corrected chi connectivity index (χ0v) is 10.7. The van der Waals surface area contributed by atoms with Gasteiger partial charge in [0.2, 0.25) is 0 Å². The first-order valence-electron chi connectivity index (χ1n) is 6.01. The minimum absolute atomic E-state index is 0.0648. The van der Waals surface area contributed by atoms with Gasteiger partial charge in [-0.1, -0.05) is 24.3 Å². The molecular formula is C14H20O3. The first-order valence-corrected chi connectivity index (χ1v) is 6.01. The molecule has 0 bridgehead atoms. The Labute approximate surface area is 103 Å². The van der Waals surface area contributed by atoms with E-state index in [-0.39, 0.29) is 12.2 Å². The lowest BCUT2D eigenvalue weighted by atomic mass is 10.0. The molecule has 1 rings (SSSR count). The van der Waals surface area contributed by atoms with E-state index in [0.717, 1.165) is 11.1 Å². The van der Waals surface area contributed by atoms with Crippen LogP contribution in [0.3, 0.4) is 0 Å². The fourth-order valence-electron chi connectivity index (χ4n) is 1.68. The molecule has 0 amide bonds. The Morgan fingerprint density at radius 3 is 2.29 bits per heavy atom. The summed E-state index contributed by atoms with van der Waals surface area (Å²) in [5.74, 6) is 0.0648. The average Bonchev–Trinajstić information content (AvgIpc) is 2.30. The van der Waals surface area contributed by atoms with E-state index in [1.165, 1.54) is 0 Å². The van der Waals surface area contributed by atoms with Crippen molar-refractivity contribution in [1.82, 2.24) is 0 Å². The van der Waals surface area contributed by atoms with Crippen molar-refractivity contribution in [2.45, 2.75) is 33.5 Å².